The van der Waals surface area contributed by atoms with E-state index in [0.29, 0.717) is 5.92 Å². The Morgan fingerprint density at radius 1 is 0.630 bits per heavy atom. The van der Waals surface area contributed by atoms with E-state index in [9.17, 15) is 4.57 Å². The highest BCUT2D eigenvalue weighted by Crippen LogP contribution is 2.42. The third-order valence-electron chi connectivity index (χ3n) is 5.60. The number of nitrogens with one attached hydrogen (secondary N) is 1. The first kappa shape index (κ1) is 18.2. The molecule has 4 rings (SSSR count). The van der Waals surface area contributed by atoms with Gasteiger partial charge in [-0.3, -0.25) is 9.65 Å². The third kappa shape index (κ3) is 4.08. The van der Waals surface area contributed by atoms with Gasteiger partial charge in [-0.1, -0.05) is 66.7 Å². The summed E-state index contributed by atoms with van der Waals surface area (Å²) in [5.41, 5.74) is 1.44. The molecule has 1 aliphatic carbocycles. The van der Waals surface area contributed by atoms with Crippen molar-refractivity contribution in [2.24, 2.45) is 0 Å². The summed E-state index contributed by atoms with van der Waals surface area (Å²) in [6.45, 7) is 0. The normalized spacial score (nSPS) is 20.3. The van der Waals surface area contributed by atoms with Crippen molar-refractivity contribution in [3.63, 3.8) is 0 Å². The lowest BCUT2D eigenvalue weighted by Crippen LogP contribution is -2.37. The second-order valence-electron chi connectivity index (χ2n) is 7.37. The van der Waals surface area contributed by atoms with Gasteiger partial charge in [0.15, 0.2) is 0 Å². The fourth-order valence-corrected chi connectivity index (χ4v) is 6.66. The molecule has 138 valence electrons. The van der Waals surface area contributed by atoms with Crippen LogP contribution in [0.15, 0.2) is 91.0 Å². The standard InChI is InChI=1S/C24H26NOP/c26-27(23-12-6-2-7-13-23,24-14-8-3-9-15-24)25-22-18-16-21(17-19-22)20-10-4-1-5-11-20/h1-15,21-22H,16-19H2,(H,25,26). The molecule has 0 spiro atoms. The lowest BCUT2D eigenvalue weighted by molar-refractivity contribution is 0.375. The molecule has 2 nitrogen and oxygen atoms in total. The molecule has 1 fully saturated rings. The zero-order valence-electron chi connectivity index (χ0n) is 15.5. The summed E-state index contributed by atoms with van der Waals surface area (Å²) < 4.78 is 14.1. The molecule has 0 bridgehead atoms. The second-order valence-corrected chi connectivity index (χ2v) is 9.88. The predicted molar refractivity (Wildman–Crippen MR) is 114 cm³/mol. The van der Waals surface area contributed by atoms with Crippen molar-refractivity contribution in [2.75, 3.05) is 0 Å². The molecule has 0 aromatic heterocycles. The first-order valence-corrected chi connectivity index (χ1v) is 11.5. The smallest absolute Gasteiger partial charge is 0.204 e. The Bertz CT molecular complexity index is 844. The van der Waals surface area contributed by atoms with E-state index < -0.39 is 7.29 Å². The molecule has 3 aromatic carbocycles. The minimum absolute atomic E-state index is 0.288. The molecule has 0 amide bonds. The van der Waals surface area contributed by atoms with E-state index >= 15 is 0 Å². The van der Waals surface area contributed by atoms with E-state index in [2.05, 4.69) is 35.4 Å². The van der Waals surface area contributed by atoms with Crippen molar-refractivity contribution in [3.8, 4) is 0 Å². The Kier molecular flexibility index (Phi) is 5.57. The van der Waals surface area contributed by atoms with E-state index in [-0.39, 0.29) is 6.04 Å². The molecule has 0 unspecified atom stereocenters. The van der Waals surface area contributed by atoms with Crippen molar-refractivity contribution in [2.45, 2.75) is 37.6 Å². The zero-order valence-corrected chi connectivity index (χ0v) is 16.4. The van der Waals surface area contributed by atoms with Crippen molar-refractivity contribution in [1.82, 2.24) is 5.09 Å². The molecule has 0 atom stereocenters. The molecule has 0 saturated heterocycles. The van der Waals surface area contributed by atoms with Gasteiger partial charge in [-0.2, -0.15) is 0 Å². The summed E-state index contributed by atoms with van der Waals surface area (Å²) in [5, 5.41) is 5.37. The first-order chi connectivity index (χ1) is 13.3. The molecule has 1 aliphatic rings. The third-order valence-corrected chi connectivity index (χ3v) is 8.38. The van der Waals surface area contributed by atoms with Crippen LogP contribution in [-0.4, -0.2) is 6.04 Å². The SMILES string of the molecule is O=P(NC1CCC(c2ccccc2)CC1)(c1ccccc1)c1ccccc1. The van der Waals surface area contributed by atoms with Gasteiger partial charge >= 0.3 is 0 Å². The van der Waals surface area contributed by atoms with Crippen LogP contribution in [0.25, 0.3) is 0 Å². The summed E-state index contributed by atoms with van der Waals surface area (Å²) in [4.78, 5) is 0. The average Bonchev–Trinajstić information content (AvgIpc) is 2.76. The summed E-state index contributed by atoms with van der Waals surface area (Å²) in [7, 11) is -2.83. The molecule has 1 saturated carbocycles. The molecule has 0 heterocycles. The maximum absolute atomic E-state index is 14.1. The minimum Gasteiger partial charge on any atom is -0.297 e. The van der Waals surface area contributed by atoms with Crippen LogP contribution in [0, 0.1) is 0 Å². The van der Waals surface area contributed by atoms with E-state index in [0.717, 1.165) is 36.3 Å². The largest absolute Gasteiger partial charge is 0.297 e. The quantitative estimate of drug-likeness (QED) is 0.619. The highest BCUT2D eigenvalue weighted by molar-refractivity contribution is 7.76. The fourth-order valence-electron chi connectivity index (χ4n) is 4.11. The van der Waals surface area contributed by atoms with Gasteiger partial charge < -0.3 is 0 Å². The molecular formula is C24H26NOP. The van der Waals surface area contributed by atoms with Crippen LogP contribution in [0.2, 0.25) is 0 Å². The van der Waals surface area contributed by atoms with Crippen LogP contribution >= 0.6 is 7.29 Å². The monoisotopic (exact) mass is 375 g/mol. The first-order valence-electron chi connectivity index (χ1n) is 9.80. The van der Waals surface area contributed by atoms with Gasteiger partial charge in [0, 0.05) is 16.7 Å². The maximum Gasteiger partial charge on any atom is 0.204 e. The maximum atomic E-state index is 14.1. The molecule has 3 aromatic rings. The second kappa shape index (κ2) is 8.25. The van der Waals surface area contributed by atoms with Crippen LogP contribution in [-0.2, 0) is 4.57 Å². The number of benzene rings is 3. The van der Waals surface area contributed by atoms with Crippen LogP contribution < -0.4 is 15.7 Å². The summed E-state index contributed by atoms with van der Waals surface area (Å²) in [6.07, 6.45) is 4.41. The van der Waals surface area contributed by atoms with Gasteiger partial charge in [0.2, 0.25) is 7.29 Å². The van der Waals surface area contributed by atoms with Crippen LogP contribution in [0.4, 0.5) is 0 Å². The molecule has 3 heteroatoms. The molecule has 27 heavy (non-hydrogen) atoms. The van der Waals surface area contributed by atoms with Crippen molar-refractivity contribution in [3.05, 3.63) is 96.6 Å². The zero-order chi connectivity index (χ0) is 18.5. The Labute approximate surface area is 162 Å². The van der Waals surface area contributed by atoms with Gasteiger partial charge in [0.05, 0.1) is 0 Å². The molecule has 0 radical (unpaired) electrons. The van der Waals surface area contributed by atoms with Crippen LogP contribution in [0.1, 0.15) is 37.2 Å². The lowest BCUT2D eigenvalue weighted by atomic mass is 9.82. The molecular weight excluding hydrogens is 349 g/mol. The lowest BCUT2D eigenvalue weighted by Gasteiger charge is -2.33. The average molecular weight is 375 g/mol. The Hall–Kier alpha value is -2.15. The minimum atomic E-state index is -2.83. The van der Waals surface area contributed by atoms with Crippen molar-refractivity contribution >= 4 is 17.9 Å². The summed E-state index contributed by atoms with van der Waals surface area (Å²) in [5.74, 6) is 0.622. The molecule has 0 aliphatic heterocycles. The number of hydrogen-bond acceptors (Lipinski definition) is 1. The van der Waals surface area contributed by atoms with Gasteiger partial charge in [-0.05, 0) is 61.4 Å². The van der Waals surface area contributed by atoms with E-state index in [1.165, 1.54) is 5.56 Å². The highest BCUT2D eigenvalue weighted by atomic mass is 31.2. The molecule has 1 N–H and O–H groups in total. The van der Waals surface area contributed by atoms with Gasteiger partial charge in [-0.15, -0.1) is 0 Å². The topological polar surface area (TPSA) is 29.1 Å². The van der Waals surface area contributed by atoms with E-state index in [4.69, 9.17) is 0 Å². The van der Waals surface area contributed by atoms with Crippen molar-refractivity contribution in [1.29, 1.82) is 0 Å². The summed E-state index contributed by atoms with van der Waals surface area (Å²) >= 11 is 0. The predicted octanol–water partition coefficient (Wildman–Crippen LogP) is 5.23. The van der Waals surface area contributed by atoms with Gasteiger partial charge in [0.25, 0.3) is 0 Å². The summed E-state index contributed by atoms with van der Waals surface area (Å²) in [6, 6.07) is 30.8. The van der Waals surface area contributed by atoms with Gasteiger partial charge in [0.1, 0.15) is 0 Å². The van der Waals surface area contributed by atoms with Crippen molar-refractivity contribution < 1.29 is 4.57 Å². The Balaban J connectivity index is 1.53. The fraction of sp³-hybridized carbons (Fsp3) is 0.250. The highest BCUT2D eigenvalue weighted by Gasteiger charge is 2.32. The van der Waals surface area contributed by atoms with E-state index in [1.54, 1.807) is 0 Å². The Morgan fingerprint density at radius 2 is 1.07 bits per heavy atom. The van der Waals surface area contributed by atoms with Gasteiger partial charge in [-0.25, -0.2) is 0 Å². The van der Waals surface area contributed by atoms with Crippen LogP contribution in [0.3, 0.4) is 0 Å². The van der Waals surface area contributed by atoms with Crippen LogP contribution in [0.5, 0.6) is 0 Å². The Morgan fingerprint density at radius 3 is 1.56 bits per heavy atom. The van der Waals surface area contributed by atoms with E-state index in [1.807, 2.05) is 60.7 Å². The number of hydrogen-bond donors (Lipinski definition) is 1. The number of rotatable bonds is 5.